The summed E-state index contributed by atoms with van der Waals surface area (Å²) in [6, 6.07) is 3.82. The maximum Gasteiger partial charge on any atom is 0.416 e. The van der Waals surface area contributed by atoms with Crippen molar-refractivity contribution in [1.82, 2.24) is 5.32 Å². The zero-order valence-electron chi connectivity index (χ0n) is 9.21. The summed E-state index contributed by atoms with van der Waals surface area (Å²) < 4.78 is 36.8. The number of alkyl halides is 3. The van der Waals surface area contributed by atoms with E-state index in [2.05, 4.69) is 5.32 Å². The van der Waals surface area contributed by atoms with Crippen LogP contribution < -0.4 is 11.1 Å². The van der Waals surface area contributed by atoms with E-state index in [9.17, 15) is 18.0 Å². The van der Waals surface area contributed by atoms with Crippen LogP contribution in [0.25, 0.3) is 0 Å². The van der Waals surface area contributed by atoms with Crippen LogP contribution >= 0.6 is 0 Å². The Morgan fingerprint density at radius 2 is 1.88 bits per heavy atom. The van der Waals surface area contributed by atoms with Gasteiger partial charge >= 0.3 is 6.18 Å². The van der Waals surface area contributed by atoms with Crippen LogP contribution in [0.3, 0.4) is 0 Å². The van der Waals surface area contributed by atoms with Crippen LogP contribution in [-0.2, 0) is 6.18 Å². The fraction of sp³-hybridized carbons (Fsp3) is 0.364. The minimum absolute atomic E-state index is 0.179. The van der Waals surface area contributed by atoms with Gasteiger partial charge in [0.25, 0.3) is 5.91 Å². The molecule has 17 heavy (non-hydrogen) atoms. The quantitative estimate of drug-likeness (QED) is 0.854. The van der Waals surface area contributed by atoms with E-state index in [1.54, 1.807) is 6.92 Å². The highest BCUT2D eigenvalue weighted by Crippen LogP contribution is 2.28. The molecule has 0 radical (unpaired) electrons. The van der Waals surface area contributed by atoms with Crippen molar-refractivity contribution in [2.24, 2.45) is 5.73 Å². The number of halogens is 3. The molecular weight excluding hydrogens is 233 g/mol. The molecule has 94 valence electrons. The molecule has 3 nitrogen and oxygen atoms in total. The van der Waals surface area contributed by atoms with E-state index in [-0.39, 0.29) is 18.2 Å². The van der Waals surface area contributed by atoms with Crippen LogP contribution in [-0.4, -0.2) is 18.5 Å². The Bertz CT molecular complexity index is 387. The van der Waals surface area contributed by atoms with Crippen molar-refractivity contribution in [2.45, 2.75) is 19.1 Å². The molecule has 0 saturated carbocycles. The van der Waals surface area contributed by atoms with Crippen LogP contribution in [0.15, 0.2) is 24.3 Å². The molecule has 0 aliphatic carbocycles. The molecule has 0 aliphatic heterocycles. The number of hydrogen-bond acceptors (Lipinski definition) is 2. The maximum absolute atomic E-state index is 12.3. The Morgan fingerprint density at radius 1 is 1.35 bits per heavy atom. The molecule has 0 bridgehead atoms. The van der Waals surface area contributed by atoms with Crippen LogP contribution in [0.1, 0.15) is 22.8 Å². The first-order valence-electron chi connectivity index (χ1n) is 5.02. The van der Waals surface area contributed by atoms with E-state index >= 15 is 0 Å². The van der Waals surface area contributed by atoms with E-state index in [1.807, 2.05) is 0 Å². The fourth-order valence-electron chi connectivity index (χ4n) is 1.18. The molecule has 1 aromatic carbocycles. The molecule has 0 spiro atoms. The monoisotopic (exact) mass is 246 g/mol. The van der Waals surface area contributed by atoms with Gasteiger partial charge in [0.05, 0.1) is 5.56 Å². The SMILES string of the molecule is C[C@@H](CN)NC(=O)c1ccc(C(F)(F)F)cc1. The summed E-state index contributed by atoms with van der Waals surface area (Å²) in [4.78, 5) is 11.5. The highest BCUT2D eigenvalue weighted by Gasteiger charge is 2.30. The van der Waals surface area contributed by atoms with Gasteiger partial charge < -0.3 is 11.1 Å². The van der Waals surface area contributed by atoms with Crippen molar-refractivity contribution in [1.29, 1.82) is 0 Å². The molecule has 1 amide bonds. The molecule has 1 atom stereocenters. The van der Waals surface area contributed by atoms with Crippen molar-refractivity contribution >= 4 is 5.91 Å². The largest absolute Gasteiger partial charge is 0.416 e. The Hall–Kier alpha value is -1.56. The lowest BCUT2D eigenvalue weighted by Crippen LogP contribution is -2.37. The number of amides is 1. The van der Waals surface area contributed by atoms with Crippen LogP contribution in [0.4, 0.5) is 13.2 Å². The topological polar surface area (TPSA) is 55.1 Å². The summed E-state index contributed by atoms with van der Waals surface area (Å²) in [5.41, 5.74) is 4.72. The number of carbonyl (C=O) groups excluding carboxylic acids is 1. The highest BCUT2D eigenvalue weighted by molar-refractivity contribution is 5.94. The molecule has 3 N–H and O–H groups in total. The fourth-order valence-corrected chi connectivity index (χ4v) is 1.18. The third-order valence-corrected chi connectivity index (χ3v) is 2.21. The summed E-state index contributed by atoms with van der Waals surface area (Å²) in [5.74, 6) is -0.434. The lowest BCUT2D eigenvalue weighted by atomic mass is 10.1. The summed E-state index contributed by atoms with van der Waals surface area (Å²) >= 11 is 0. The van der Waals surface area contributed by atoms with Gasteiger partial charge in [-0.15, -0.1) is 0 Å². The lowest BCUT2D eigenvalue weighted by Gasteiger charge is -2.12. The number of benzene rings is 1. The van der Waals surface area contributed by atoms with Crippen molar-refractivity contribution in [3.8, 4) is 0 Å². The summed E-state index contributed by atoms with van der Waals surface area (Å²) in [7, 11) is 0. The third-order valence-electron chi connectivity index (χ3n) is 2.21. The smallest absolute Gasteiger partial charge is 0.348 e. The first-order chi connectivity index (χ1) is 7.84. The van der Waals surface area contributed by atoms with Crippen LogP contribution in [0.5, 0.6) is 0 Å². The molecule has 0 aliphatic rings. The van der Waals surface area contributed by atoms with E-state index in [1.165, 1.54) is 0 Å². The standard InChI is InChI=1S/C11H13F3N2O/c1-7(6-15)16-10(17)8-2-4-9(5-3-8)11(12,13)14/h2-5,7H,6,15H2,1H3,(H,16,17)/t7-/m0/s1. The van der Waals surface area contributed by atoms with E-state index in [4.69, 9.17) is 5.73 Å². The van der Waals surface area contributed by atoms with Crippen molar-refractivity contribution in [2.75, 3.05) is 6.54 Å². The second-order valence-electron chi connectivity index (χ2n) is 3.69. The second-order valence-corrected chi connectivity index (χ2v) is 3.69. The highest BCUT2D eigenvalue weighted by atomic mass is 19.4. The van der Waals surface area contributed by atoms with Gasteiger partial charge in [0.15, 0.2) is 0 Å². The molecule has 0 fully saturated rings. The Labute approximate surface area is 96.8 Å². The summed E-state index contributed by atoms with van der Waals surface area (Å²) in [6.07, 6.45) is -4.39. The summed E-state index contributed by atoms with van der Waals surface area (Å²) in [6.45, 7) is 1.98. The Kier molecular flexibility index (Phi) is 4.11. The number of rotatable bonds is 3. The third kappa shape index (κ3) is 3.74. The molecule has 0 saturated heterocycles. The molecule has 0 aromatic heterocycles. The van der Waals surface area contributed by atoms with E-state index in [0.717, 1.165) is 24.3 Å². The Balaban J connectivity index is 2.78. The average molecular weight is 246 g/mol. The predicted octanol–water partition coefficient (Wildman–Crippen LogP) is 1.78. The van der Waals surface area contributed by atoms with Crippen molar-refractivity contribution in [3.63, 3.8) is 0 Å². The van der Waals surface area contributed by atoms with E-state index < -0.39 is 17.6 Å². The van der Waals surface area contributed by atoms with Gasteiger partial charge in [-0.25, -0.2) is 0 Å². The molecule has 1 aromatic rings. The van der Waals surface area contributed by atoms with Gasteiger partial charge in [0.1, 0.15) is 0 Å². The van der Waals surface area contributed by atoms with Crippen LogP contribution in [0.2, 0.25) is 0 Å². The molecule has 6 heteroatoms. The van der Waals surface area contributed by atoms with Gasteiger partial charge in [-0.2, -0.15) is 13.2 Å². The van der Waals surface area contributed by atoms with Crippen molar-refractivity contribution < 1.29 is 18.0 Å². The van der Waals surface area contributed by atoms with E-state index in [0.29, 0.717) is 0 Å². The number of nitrogens with two attached hydrogens (primary N) is 1. The average Bonchev–Trinajstić information content (AvgIpc) is 2.27. The molecule has 1 rings (SSSR count). The molecular formula is C11H13F3N2O. The van der Waals surface area contributed by atoms with Gasteiger partial charge in [0.2, 0.25) is 0 Å². The number of carbonyl (C=O) groups is 1. The van der Waals surface area contributed by atoms with Gasteiger partial charge in [0, 0.05) is 18.2 Å². The minimum atomic E-state index is -4.39. The first kappa shape index (κ1) is 13.5. The molecule has 0 unspecified atom stereocenters. The van der Waals surface area contributed by atoms with Crippen molar-refractivity contribution in [3.05, 3.63) is 35.4 Å². The second kappa shape index (κ2) is 5.18. The Morgan fingerprint density at radius 3 is 2.29 bits per heavy atom. The predicted molar refractivity (Wildman–Crippen MR) is 57.4 cm³/mol. The number of nitrogens with one attached hydrogen (secondary N) is 1. The number of hydrogen-bond donors (Lipinski definition) is 2. The zero-order valence-corrected chi connectivity index (χ0v) is 9.21. The molecule has 0 heterocycles. The normalized spacial score (nSPS) is 13.2. The van der Waals surface area contributed by atoms with Gasteiger partial charge in [-0.05, 0) is 31.2 Å². The van der Waals surface area contributed by atoms with Gasteiger partial charge in [-0.3, -0.25) is 4.79 Å². The maximum atomic E-state index is 12.3. The minimum Gasteiger partial charge on any atom is -0.348 e. The lowest BCUT2D eigenvalue weighted by molar-refractivity contribution is -0.137. The zero-order chi connectivity index (χ0) is 13.1. The van der Waals surface area contributed by atoms with Crippen LogP contribution in [0, 0.1) is 0 Å². The first-order valence-corrected chi connectivity index (χ1v) is 5.02. The summed E-state index contributed by atoms with van der Waals surface area (Å²) in [5, 5.41) is 2.56. The van der Waals surface area contributed by atoms with Gasteiger partial charge in [-0.1, -0.05) is 0 Å².